The van der Waals surface area contributed by atoms with E-state index in [0.29, 0.717) is 11.4 Å². The highest BCUT2D eigenvalue weighted by atomic mass is 19.1. The molecule has 104 valence electrons. The van der Waals surface area contributed by atoms with Gasteiger partial charge >= 0.3 is 0 Å². The number of nitrogens with one attached hydrogen (secondary N) is 1. The van der Waals surface area contributed by atoms with Gasteiger partial charge in [-0.05, 0) is 56.2 Å². The minimum Gasteiger partial charge on any atom is -0.397 e. The number of nitrogens with two attached hydrogens (primary N) is 1. The number of carbonyl (C=O) groups is 1. The van der Waals surface area contributed by atoms with Crippen LogP contribution in [0.2, 0.25) is 0 Å². The van der Waals surface area contributed by atoms with Crippen molar-refractivity contribution in [3.05, 3.63) is 58.4 Å². The van der Waals surface area contributed by atoms with Crippen LogP contribution in [0.25, 0.3) is 0 Å². The molecule has 0 aliphatic carbocycles. The number of rotatable bonds is 2. The van der Waals surface area contributed by atoms with Crippen molar-refractivity contribution in [3.8, 4) is 0 Å². The summed E-state index contributed by atoms with van der Waals surface area (Å²) in [5, 5.41) is 2.66. The third kappa shape index (κ3) is 2.79. The van der Waals surface area contributed by atoms with Crippen LogP contribution in [0.15, 0.2) is 30.3 Å². The molecule has 0 fully saturated rings. The highest BCUT2D eigenvalue weighted by molar-refractivity contribution is 6.06. The van der Waals surface area contributed by atoms with E-state index in [1.807, 2.05) is 13.8 Å². The highest BCUT2D eigenvalue weighted by Gasteiger charge is 2.13. The molecule has 4 heteroatoms. The Morgan fingerprint density at radius 2 is 1.75 bits per heavy atom. The number of halogens is 1. The van der Waals surface area contributed by atoms with Crippen molar-refractivity contribution in [1.29, 1.82) is 0 Å². The molecule has 0 radical (unpaired) electrons. The van der Waals surface area contributed by atoms with E-state index in [9.17, 15) is 9.18 Å². The lowest BCUT2D eigenvalue weighted by Gasteiger charge is -2.11. The van der Waals surface area contributed by atoms with Gasteiger partial charge in [0.25, 0.3) is 5.91 Å². The topological polar surface area (TPSA) is 55.1 Å². The normalized spacial score (nSPS) is 10.4. The number of nitrogen functional groups attached to an aromatic ring is 1. The van der Waals surface area contributed by atoms with E-state index in [4.69, 9.17) is 5.73 Å². The highest BCUT2D eigenvalue weighted by Crippen LogP contribution is 2.24. The third-order valence-corrected chi connectivity index (χ3v) is 3.28. The third-order valence-electron chi connectivity index (χ3n) is 3.28. The van der Waals surface area contributed by atoms with Crippen LogP contribution in [0.3, 0.4) is 0 Å². The van der Waals surface area contributed by atoms with Gasteiger partial charge in [0.1, 0.15) is 5.82 Å². The van der Waals surface area contributed by atoms with Crippen LogP contribution in [0.5, 0.6) is 0 Å². The predicted octanol–water partition coefficient (Wildman–Crippen LogP) is 3.59. The quantitative estimate of drug-likeness (QED) is 0.821. The molecule has 0 bridgehead atoms. The summed E-state index contributed by atoms with van der Waals surface area (Å²) in [6.45, 7) is 5.68. The molecule has 1 amide bonds. The monoisotopic (exact) mass is 272 g/mol. The number of amides is 1. The van der Waals surface area contributed by atoms with Crippen LogP contribution in [0.1, 0.15) is 27.0 Å². The second-order valence-electron chi connectivity index (χ2n) is 4.96. The Bertz CT molecular complexity index is 680. The summed E-state index contributed by atoms with van der Waals surface area (Å²) < 4.78 is 13.7. The van der Waals surface area contributed by atoms with Gasteiger partial charge in [0.05, 0.1) is 16.9 Å². The van der Waals surface area contributed by atoms with Gasteiger partial charge in [0.2, 0.25) is 0 Å². The van der Waals surface area contributed by atoms with E-state index in [2.05, 4.69) is 5.32 Å². The van der Waals surface area contributed by atoms with Gasteiger partial charge in [0, 0.05) is 0 Å². The van der Waals surface area contributed by atoms with Crippen molar-refractivity contribution in [2.75, 3.05) is 11.1 Å². The number of benzene rings is 2. The van der Waals surface area contributed by atoms with Crippen LogP contribution >= 0.6 is 0 Å². The fourth-order valence-electron chi connectivity index (χ4n) is 1.95. The lowest BCUT2D eigenvalue weighted by Crippen LogP contribution is -2.15. The average Bonchev–Trinajstić information content (AvgIpc) is 2.38. The van der Waals surface area contributed by atoms with E-state index in [0.717, 1.165) is 16.7 Å². The number of anilines is 2. The molecule has 0 aromatic heterocycles. The van der Waals surface area contributed by atoms with Crippen molar-refractivity contribution in [1.82, 2.24) is 0 Å². The van der Waals surface area contributed by atoms with E-state index < -0.39 is 11.7 Å². The van der Waals surface area contributed by atoms with Crippen LogP contribution < -0.4 is 11.1 Å². The summed E-state index contributed by atoms with van der Waals surface area (Å²) in [4.78, 5) is 12.1. The van der Waals surface area contributed by atoms with Crippen molar-refractivity contribution in [2.45, 2.75) is 20.8 Å². The Kier molecular flexibility index (Phi) is 3.74. The molecular weight excluding hydrogens is 255 g/mol. The van der Waals surface area contributed by atoms with Gasteiger partial charge < -0.3 is 11.1 Å². The van der Waals surface area contributed by atoms with Gasteiger partial charge in [-0.3, -0.25) is 4.79 Å². The first-order valence-corrected chi connectivity index (χ1v) is 6.32. The van der Waals surface area contributed by atoms with E-state index in [1.54, 1.807) is 25.1 Å². The summed E-state index contributed by atoms with van der Waals surface area (Å²) >= 11 is 0. The van der Waals surface area contributed by atoms with Crippen LogP contribution in [-0.4, -0.2) is 5.91 Å². The predicted molar refractivity (Wildman–Crippen MR) is 79.4 cm³/mol. The largest absolute Gasteiger partial charge is 0.397 e. The zero-order valence-electron chi connectivity index (χ0n) is 11.8. The maximum atomic E-state index is 13.7. The zero-order valence-corrected chi connectivity index (χ0v) is 11.8. The fraction of sp³-hybridized carbons (Fsp3) is 0.188. The molecule has 2 rings (SSSR count). The molecular formula is C16H17FN2O. The molecule has 3 N–H and O–H groups in total. The minimum absolute atomic E-state index is 0.0163. The summed E-state index contributed by atoms with van der Waals surface area (Å²) in [5.74, 6) is -1.04. The van der Waals surface area contributed by atoms with Crippen molar-refractivity contribution < 1.29 is 9.18 Å². The number of aryl methyl sites for hydroxylation is 3. The Hall–Kier alpha value is -2.36. The minimum atomic E-state index is -0.546. The second kappa shape index (κ2) is 5.33. The maximum absolute atomic E-state index is 13.7. The molecule has 0 saturated heterocycles. The molecule has 0 aliphatic rings. The van der Waals surface area contributed by atoms with Gasteiger partial charge in [-0.25, -0.2) is 4.39 Å². The van der Waals surface area contributed by atoms with E-state index in [-0.39, 0.29) is 5.56 Å². The summed E-state index contributed by atoms with van der Waals surface area (Å²) in [6, 6.07) is 8.00. The molecule has 0 spiro atoms. The standard InChI is InChI=1S/C16H17FN2O/c1-9-4-5-13(17)12(6-9)16(20)19-15-8-11(3)10(2)7-14(15)18/h4-8H,18H2,1-3H3,(H,19,20). The SMILES string of the molecule is Cc1ccc(F)c(C(=O)Nc2cc(C)c(C)cc2N)c1. The molecule has 0 heterocycles. The van der Waals surface area contributed by atoms with Gasteiger partial charge in [0.15, 0.2) is 0 Å². The molecule has 0 unspecified atom stereocenters. The molecule has 2 aromatic rings. The van der Waals surface area contributed by atoms with Crippen LogP contribution in [-0.2, 0) is 0 Å². The van der Waals surface area contributed by atoms with Gasteiger partial charge in [-0.2, -0.15) is 0 Å². The number of hydrogen-bond acceptors (Lipinski definition) is 2. The lowest BCUT2D eigenvalue weighted by atomic mass is 10.1. The van der Waals surface area contributed by atoms with Crippen molar-refractivity contribution in [3.63, 3.8) is 0 Å². The molecule has 0 atom stereocenters. The van der Waals surface area contributed by atoms with Crippen LogP contribution in [0, 0.1) is 26.6 Å². The Balaban J connectivity index is 2.32. The van der Waals surface area contributed by atoms with Gasteiger partial charge in [-0.1, -0.05) is 11.6 Å². The first kappa shape index (κ1) is 14.1. The Morgan fingerprint density at radius 3 is 2.45 bits per heavy atom. The first-order chi connectivity index (χ1) is 9.38. The number of carbonyl (C=O) groups excluding carboxylic acids is 1. The number of hydrogen-bond donors (Lipinski definition) is 2. The summed E-state index contributed by atoms with van der Waals surface area (Å²) in [7, 11) is 0. The summed E-state index contributed by atoms with van der Waals surface area (Å²) in [6.07, 6.45) is 0. The Labute approximate surface area is 117 Å². The maximum Gasteiger partial charge on any atom is 0.258 e. The molecule has 0 saturated carbocycles. The van der Waals surface area contributed by atoms with Crippen molar-refractivity contribution >= 4 is 17.3 Å². The lowest BCUT2D eigenvalue weighted by molar-refractivity contribution is 0.102. The van der Waals surface area contributed by atoms with Crippen molar-refractivity contribution in [2.24, 2.45) is 0 Å². The first-order valence-electron chi connectivity index (χ1n) is 6.32. The Morgan fingerprint density at radius 1 is 1.10 bits per heavy atom. The average molecular weight is 272 g/mol. The van der Waals surface area contributed by atoms with Gasteiger partial charge in [-0.15, -0.1) is 0 Å². The molecule has 20 heavy (non-hydrogen) atoms. The molecule has 3 nitrogen and oxygen atoms in total. The second-order valence-corrected chi connectivity index (χ2v) is 4.96. The molecule has 2 aromatic carbocycles. The molecule has 0 aliphatic heterocycles. The smallest absolute Gasteiger partial charge is 0.258 e. The summed E-state index contributed by atoms with van der Waals surface area (Å²) in [5.41, 5.74) is 9.74. The zero-order chi connectivity index (χ0) is 14.9. The van der Waals surface area contributed by atoms with E-state index >= 15 is 0 Å². The van der Waals surface area contributed by atoms with Crippen LogP contribution in [0.4, 0.5) is 15.8 Å². The fourth-order valence-corrected chi connectivity index (χ4v) is 1.95. The van der Waals surface area contributed by atoms with E-state index in [1.165, 1.54) is 12.1 Å².